The first-order valence-electron chi connectivity index (χ1n) is 8.82. The number of amides is 1. The number of aryl methyl sites for hydroxylation is 3. The van der Waals surface area contributed by atoms with E-state index < -0.39 is 0 Å². The number of nitrogens with zero attached hydrogens (tertiary/aromatic N) is 3. The molecule has 29 heavy (non-hydrogen) atoms. The van der Waals surface area contributed by atoms with E-state index in [1.807, 2.05) is 45.0 Å². The van der Waals surface area contributed by atoms with Crippen molar-refractivity contribution in [1.82, 2.24) is 14.5 Å². The smallest absolute Gasteiger partial charge is 0.262 e. The first kappa shape index (κ1) is 19.9. The summed E-state index contributed by atoms with van der Waals surface area (Å²) in [4.78, 5) is 36.9. The molecule has 0 saturated heterocycles. The van der Waals surface area contributed by atoms with Gasteiger partial charge in [0, 0.05) is 19.8 Å². The largest absolute Gasteiger partial charge is 0.300 e. The Morgan fingerprint density at radius 1 is 1.14 bits per heavy atom. The summed E-state index contributed by atoms with van der Waals surface area (Å²) in [6.45, 7) is 5.73. The SMILES string of the molecule is Cc1sc(NC(=O)Cn2cnc3sc(C)c(C)c3c2=O)nc1-c1ccc(Br)cc1. The highest BCUT2D eigenvalue weighted by atomic mass is 79.9. The normalized spacial score (nSPS) is 11.2. The Labute approximate surface area is 183 Å². The lowest BCUT2D eigenvalue weighted by Gasteiger charge is -2.05. The lowest BCUT2D eigenvalue weighted by atomic mass is 10.1. The van der Waals surface area contributed by atoms with Crippen LogP contribution in [0.2, 0.25) is 0 Å². The van der Waals surface area contributed by atoms with Crippen LogP contribution in [0.4, 0.5) is 5.13 Å². The molecule has 0 fully saturated rings. The minimum Gasteiger partial charge on any atom is -0.300 e. The van der Waals surface area contributed by atoms with Crippen molar-refractivity contribution in [3.8, 4) is 11.3 Å². The molecule has 0 aliphatic carbocycles. The first-order chi connectivity index (χ1) is 13.8. The number of nitrogens with one attached hydrogen (secondary N) is 1. The molecule has 1 amide bonds. The molecule has 6 nitrogen and oxygen atoms in total. The molecule has 4 rings (SSSR count). The Morgan fingerprint density at radius 3 is 2.59 bits per heavy atom. The molecular weight excluding hydrogens is 472 g/mol. The Balaban J connectivity index is 1.55. The Morgan fingerprint density at radius 2 is 1.86 bits per heavy atom. The van der Waals surface area contributed by atoms with Crippen LogP contribution >= 0.6 is 38.6 Å². The fourth-order valence-electron chi connectivity index (χ4n) is 3.02. The van der Waals surface area contributed by atoms with Gasteiger partial charge in [-0.2, -0.15) is 0 Å². The summed E-state index contributed by atoms with van der Waals surface area (Å²) in [5.74, 6) is -0.311. The number of aromatic nitrogens is 3. The minimum absolute atomic E-state index is 0.109. The van der Waals surface area contributed by atoms with Gasteiger partial charge in [-0.25, -0.2) is 9.97 Å². The maximum atomic E-state index is 12.8. The molecule has 0 spiro atoms. The summed E-state index contributed by atoms with van der Waals surface area (Å²) in [5, 5.41) is 3.90. The lowest BCUT2D eigenvalue weighted by molar-refractivity contribution is -0.116. The minimum atomic E-state index is -0.311. The maximum absolute atomic E-state index is 12.8. The van der Waals surface area contributed by atoms with Crippen molar-refractivity contribution in [3.63, 3.8) is 0 Å². The highest BCUT2D eigenvalue weighted by molar-refractivity contribution is 9.10. The highest BCUT2D eigenvalue weighted by Crippen LogP contribution is 2.31. The molecular formula is C20H17BrN4O2S2. The van der Waals surface area contributed by atoms with Crippen LogP contribution in [-0.2, 0) is 11.3 Å². The van der Waals surface area contributed by atoms with Crippen molar-refractivity contribution in [1.29, 1.82) is 0 Å². The summed E-state index contributed by atoms with van der Waals surface area (Å²) >= 11 is 6.32. The van der Waals surface area contributed by atoms with Gasteiger partial charge < -0.3 is 5.32 Å². The third-order valence-corrected chi connectivity index (χ3v) is 7.16. The van der Waals surface area contributed by atoms with Crippen molar-refractivity contribution in [2.24, 2.45) is 0 Å². The number of rotatable bonds is 4. The highest BCUT2D eigenvalue weighted by Gasteiger charge is 2.16. The van der Waals surface area contributed by atoms with Crippen LogP contribution < -0.4 is 10.9 Å². The molecule has 148 valence electrons. The number of carbonyl (C=O) groups excluding carboxylic acids is 1. The van der Waals surface area contributed by atoms with E-state index in [9.17, 15) is 9.59 Å². The third-order valence-electron chi connectivity index (χ3n) is 4.63. The van der Waals surface area contributed by atoms with E-state index in [1.54, 1.807) is 0 Å². The number of benzene rings is 1. The standard InChI is InChI=1S/C20H17BrN4O2S2/c1-10-11(2)28-18-16(10)19(27)25(9-22-18)8-15(26)23-20-24-17(12(3)29-20)13-4-6-14(21)7-5-13/h4-7,9H,8H2,1-3H3,(H,23,24,26). The summed E-state index contributed by atoms with van der Waals surface area (Å²) in [6.07, 6.45) is 1.43. The van der Waals surface area contributed by atoms with E-state index in [0.29, 0.717) is 15.3 Å². The Bertz CT molecular complexity index is 1290. The van der Waals surface area contributed by atoms with Gasteiger partial charge in [0.05, 0.1) is 17.4 Å². The number of thiazole rings is 1. The zero-order valence-electron chi connectivity index (χ0n) is 15.9. The molecule has 0 aliphatic rings. The number of halogens is 1. The number of fused-ring (bicyclic) bond motifs is 1. The summed E-state index contributed by atoms with van der Waals surface area (Å²) in [5.41, 5.74) is 2.55. The number of anilines is 1. The zero-order valence-corrected chi connectivity index (χ0v) is 19.2. The second-order valence-corrected chi connectivity index (χ2v) is 9.94. The molecule has 4 aromatic rings. The predicted octanol–water partition coefficient (Wildman–Crippen LogP) is 4.91. The van der Waals surface area contributed by atoms with Crippen LogP contribution in [0.5, 0.6) is 0 Å². The fraction of sp³-hybridized carbons (Fsp3) is 0.200. The van der Waals surface area contributed by atoms with E-state index >= 15 is 0 Å². The number of thiophene rings is 1. The molecule has 0 unspecified atom stereocenters. The molecule has 3 aromatic heterocycles. The third kappa shape index (κ3) is 3.90. The quantitative estimate of drug-likeness (QED) is 0.442. The molecule has 9 heteroatoms. The predicted molar refractivity (Wildman–Crippen MR) is 122 cm³/mol. The molecule has 0 radical (unpaired) electrons. The number of hydrogen-bond acceptors (Lipinski definition) is 6. The summed E-state index contributed by atoms with van der Waals surface area (Å²) in [7, 11) is 0. The average Bonchev–Trinajstić information content (AvgIpc) is 3.18. The van der Waals surface area contributed by atoms with Crippen molar-refractivity contribution in [2.45, 2.75) is 27.3 Å². The maximum Gasteiger partial charge on any atom is 0.262 e. The van der Waals surface area contributed by atoms with Gasteiger partial charge in [-0.05, 0) is 38.5 Å². The molecule has 0 saturated carbocycles. The fourth-order valence-corrected chi connectivity index (χ4v) is 5.13. The van der Waals surface area contributed by atoms with Gasteiger partial charge in [-0.3, -0.25) is 14.2 Å². The van der Waals surface area contributed by atoms with Gasteiger partial charge >= 0.3 is 0 Å². The molecule has 1 N–H and O–H groups in total. The average molecular weight is 489 g/mol. The topological polar surface area (TPSA) is 76.9 Å². The van der Waals surface area contributed by atoms with Gasteiger partial charge in [0.1, 0.15) is 11.4 Å². The molecule has 0 bridgehead atoms. The number of carbonyl (C=O) groups is 1. The summed E-state index contributed by atoms with van der Waals surface area (Å²) in [6, 6.07) is 7.86. The molecule has 1 aromatic carbocycles. The van der Waals surface area contributed by atoms with Crippen LogP contribution in [-0.4, -0.2) is 20.4 Å². The number of hydrogen-bond donors (Lipinski definition) is 1. The van der Waals surface area contributed by atoms with Gasteiger partial charge in [-0.15, -0.1) is 22.7 Å². The van der Waals surface area contributed by atoms with E-state index in [0.717, 1.165) is 31.0 Å². The van der Waals surface area contributed by atoms with E-state index in [2.05, 4.69) is 31.2 Å². The van der Waals surface area contributed by atoms with E-state index in [-0.39, 0.29) is 18.0 Å². The molecule has 0 aliphatic heterocycles. The van der Waals surface area contributed by atoms with Crippen LogP contribution in [0.25, 0.3) is 21.5 Å². The van der Waals surface area contributed by atoms with Crippen molar-refractivity contribution < 1.29 is 4.79 Å². The van der Waals surface area contributed by atoms with Crippen LogP contribution in [0, 0.1) is 20.8 Å². The van der Waals surface area contributed by atoms with Crippen molar-refractivity contribution in [2.75, 3.05) is 5.32 Å². The molecule has 0 atom stereocenters. The van der Waals surface area contributed by atoms with Gasteiger partial charge in [0.25, 0.3) is 5.56 Å². The van der Waals surface area contributed by atoms with Gasteiger partial charge in [0.2, 0.25) is 5.91 Å². The van der Waals surface area contributed by atoms with Gasteiger partial charge in [0.15, 0.2) is 5.13 Å². The first-order valence-corrected chi connectivity index (χ1v) is 11.2. The molecule has 3 heterocycles. The van der Waals surface area contributed by atoms with Gasteiger partial charge in [-0.1, -0.05) is 28.1 Å². The van der Waals surface area contributed by atoms with Crippen LogP contribution in [0.3, 0.4) is 0 Å². The van der Waals surface area contributed by atoms with Crippen LogP contribution in [0.1, 0.15) is 15.3 Å². The Kier molecular flexibility index (Phi) is 5.37. The summed E-state index contributed by atoms with van der Waals surface area (Å²) < 4.78 is 2.34. The lowest BCUT2D eigenvalue weighted by Crippen LogP contribution is -2.27. The van der Waals surface area contributed by atoms with Crippen molar-refractivity contribution >= 4 is 59.9 Å². The van der Waals surface area contributed by atoms with E-state index in [4.69, 9.17) is 0 Å². The monoisotopic (exact) mass is 488 g/mol. The second-order valence-electron chi connectivity index (χ2n) is 6.62. The van der Waals surface area contributed by atoms with Crippen molar-refractivity contribution in [3.05, 3.63) is 60.7 Å². The zero-order chi connectivity index (χ0) is 20.7. The Hall–Kier alpha value is -2.36. The van der Waals surface area contributed by atoms with Crippen LogP contribution in [0.15, 0.2) is 39.9 Å². The van der Waals surface area contributed by atoms with E-state index in [1.165, 1.54) is 33.6 Å². The second kappa shape index (κ2) is 7.81.